The summed E-state index contributed by atoms with van der Waals surface area (Å²) in [5, 5.41) is 0. The molecule has 1 aliphatic heterocycles. The van der Waals surface area contributed by atoms with Crippen LogP contribution < -0.4 is 14.4 Å². The van der Waals surface area contributed by atoms with Crippen LogP contribution >= 0.6 is 0 Å². The van der Waals surface area contributed by atoms with Crippen molar-refractivity contribution in [1.29, 1.82) is 0 Å². The SMILES string of the molecule is CCOc1ccccc1/C=C/C(=O)N1CCN(c2cccc(OC)c2)CC1. The number of hydrogen-bond acceptors (Lipinski definition) is 4. The van der Waals surface area contributed by atoms with Crippen LogP contribution in [-0.2, 0) is 4.79 Å². The number of ether oxygens (including phenoxy) is 2. The second-order valence-corrected chi connectivity index (χ2v) is 6.32. The van der Waals surface area contributed by atoms with Gasteiger partial charge in [-0.3, -0.25) is 4.79 Å². The number of carbonyl (C=O) groups excluding carboxylic acids is 1. The van der Waals surface area contributed by atoms with Gasteiger partial charge in [0, 0.05) is 49.6 Å². The lowest BCUT2D eigenvalue weighted by Crippen LogP contribution is -2.48. The highest BCUT2D eigenvalue weighted by molar-refractivity contribution is 5.92. The molecule has 1 saturated heterocycles. The number of benzene rings is 2. The third-order valence-electron chi connectivity index (χ3n) is 4.63. The van der Waals surface area contributed by atoms with E-state index in [9.17, 15) is 4.79 Å². The Labute approximate surface area is 160 Å². The molecule has 2 aromatic carbocycles. The van der Waals surface area contributed by atoms with E-state index in [1.807, 2.05) is 60.4 Å². The Morgan fingerprint density at radius 1 is 1.07 bits per heavy atom. The van der Waals surface area contributed by atoms with Gasteiger partial charge in [-0.15, -0.1) is 0 Å². The molecule has 5 nitrogen and oxygen atoms in total. The molecule has 1 fully saturated rings. The number of carbonyl (C=O) groups is 1. The number of methoxy groups -OCH3 is 1. The molecule has 0 N–H and O–H groups in total. The van der Waals surface area contributed by atoms with E-state index >= 15 is 0 Å². The topological polar surface area (TPSA) is 42.0 Å². The first-order valence-electron chi connectivity index (χ1n) is 9.29. The molecule has 2 aromatic rings. The maximum absolute atomic E-state index is 12.5. The van der Waals surface area contributed by atoms with E-state index in [1.54, 1.807) is 13.2 Å². The van der Waals surface area contributed by atoms with Crippen LogP contribution in [0.15, 0.2) is 54.6 Å². The fourth-order valence-electron chi connectivity index (χ4n) is 3.16. The highest BCUT2D eigenvalue weighted by atomic mass is 16.5. The molecule has 27 heavy (non-hydrogen) atoms. The highest BCUT2D eigenvalue weighted by Gasteiger charge is 2.20. The van der Waals surface area contributed by atoms with Gasteiger partial charge in [-0.1, -0.05) is 24.3 Å². The molecule has 0 unspecified atom stereocenters. The summed E-state index contributed by atoms with van der Waals surface area (Å²) in [6.07, 6.45) is 3.47. The first-order valence-corrected chi connectivity index (χ1v) is 9.29. The largest absolute Gasteiger partial charge is 0.497 e. The fraction of sp³-hybridized carbons (Fsp3) is 0.318. The van der Waals surface area contributed by atoms with Gasteiger partial charge in [0.15, 0.2) is 0 Å². The Morgan fingerprint density at radius 2 is 1.85 bits per heavy atom. The van der Waals surface area contributed by atoms with Crippen molar-refractivity contribution in [1.82, 2.24) is 4.90 Å². The van der Waals surface area contributed by atoms with Crippen LogP contribution in [0.5, 0.6) is 11.5 Å². The molecule has 0 aromatic heterocycles. The van der Waals surface area contributed by atoms with Gasteiger partial charge in [0.25, 0.3) is 0 Å². The first-order chi connectivity index (χ1) is 13.2. The van der Waals surface area contributed by atoms with Crippen molar-refractivity contribution in [2.24, 2.45) is 0 Å². The molecule has 0 aliphatic carbocycles. The normalized spacial score (nSPS) is 14.4. The Balaban J connectivity index is 1.58. The van der Waals surface area contributed by atoms with Crippen LogP contribution in [0.2, 0.25) is 0 Å². The second-order valence-electron chi connectivity index (χ2n) is 6.32. The summed E-state index contributed by atoms with van der Waals surface area (Å²) < 4.78 is 10.9. The van der Waals surface area contributed by atoms with Crippen LogP contribution in [-0.4, -0.2) is 50.7 Å². The third-order valence-corrected chi connectivity index (χ3v) is 4.63. The molecule has 142 valence electrons. The number of hydrogen-bond donors (Lipinski definition) is 0. The molecule has 1 heterocycles. The smallest absolute Gasteiger partial charge is 0.246 e. The van der Waals surface area contributed by atoms with Crippen LogP contribution in [0.25, 0.3) is 6.08 Å². The number of nitrogens with zero attached hydrogens (tertiary/aromatic N) is 2. The number of rotatable bonds is 6. The Hall–Kier alpha value is -2.95. The minimum atomic E-state index is 0.0339. The van der Waals surface area contributed by atoms with Gasteiger partial charge in [-0.2, -0.15) is 0 Å². The van der Waals surface area contributed by atoms with E-state index in [2.05, 4.69) is 11.0 Å². The fourth-order valence-corrected chi connectivity index (χ4v) is 3.16. The predicted octanol–water partition coefficient (Wildman–Crippen LogP) is 3.46. The zero-order valence-corrected chi connectivity index (χ0v) is 15.9. The van der Waals surface area contributed by atoms with E-state index in [0.29, 0.717) is 19.7 Å². The second kappa shape index (κ2) is 9.12. The van der Waals surface area contributed by atoms with Gasteiger partial charge in [-0.25, -0.2) is 0 Å². The lowest BCUT2D eigenvalue weighted by molar-refractivity contribution is -0.126. The van der Waals surface area contributed by atoms with Gasteiger partial charge in [0.2, 0.25) is 5.91 Å². The van der Waals surface area contributed by atoms with Crippen molar-refractivity contribution in [3.05, 3.63) is 60.2 Å². The lowest BCUT2D eigenvalue weighted by Gasteiger charge is -2.35. The van der Waals surface area contributed by atoms with E-state index in [4.69, 9.17) is 9.47 Å². The zero-order valence-electron chi connectivity index (χ0n) is 15.9. The van der Waals surface area contributed by atoms with Crippen LogP contribution in [0, 0.1) is 0 Å². The zero-order chi connectivity index (χ0) is 19.1. The van der Waals surface area contributed by atoms with E-state index in [-0.39, 0.29) is 5.91 Å². The van der Waals surface area contributed by atoms with Crippen molar-refractivity contribution in [2.45, 2.75) is 6.92 Å². The lowest BCUT2D eigenvalue weighted by atomic mass is 10.2. The third kappa shape index (κ3) is 4.82. The molecule has 0 spiro atoms. The summed E-state index contributed by atoms with van der Waals surface area (Å²) in [7, 11) is 1.67. The van der Waals surface area contributed by atoms with Crippen LogP contribution in [0.1, 0.15) is 12.5 Å². The van der Waals surface area contributed by atoms with Gasteiger partial charge in [0.05, 0.1) is 13.7 Å². The summed E-state index contributed by atoms with van der Waals surface area (Å²) in [4.78, 5) is 16.7. The summed E-state index contributed by atoms with van der Waals surface area (Å²) in [5.74, 6) is 1.68. The summed E-state index contributed by atoms with van der Waals surface area (Å²) in [6.45, 7) is 5.57. The molecule has 1 amide bonds. The average molecular weight is 366 g/mol. The van der Waals surface area contributed by atoms with Crippen molar-refractivity contribution >= 4 is 17.7 Å². The predicted molar refractivity (Wildman–Crippen MR) is 108 cm³/mol. The van der Waals surface area contributed by atoms with E-state index in [1.165, 1.54) is 0 Å². The van der Waals surface area contributed by atoms with Crippen molar-refractivity contribution in [3.63, 3.8) is 0 Å². The number of para-hydroxylation sites is 1. The van der Waals surface area contributed by atoms with Crippen molar-refractivity contribution in [3.8, 4) is 11.5 Å². The summed E-state index contributed by atoms with van der Waals surface area (Å²) in [5.41, 5.74) is 2.05. The van der Waals surface area contributed by atoms with Gasteiger partial charge >= 0.3 is 0 Å². The first kappa shape index (κ1) is 18.8. The quantitative estimate of drug-likeness (QED) is 0.735. The van der Waals surface area contributed by atoms with Crippen molar-refractivity contribution in [2.75, 3.05) is 44.8 Å². The van der Waals surface area contributed by atoms with E-state index in [0.717, 1.165) is 35.8 Å². The number of anilines is 1. The van der Waals surface area contributed by atoms with Gasteiger partial charge in [0.1, 0.15) is 11.5 Å². The van der Waals surface area contributed by atoms with Crippen molar-refractivity contribution < 1.29 is 14.3 Å². The Morgan fingerprint density at radius 3 is 2.59 bits per heavy atom. The minimum absolute atomic E-state index is 0.0339. The molecule has 1 aliphatic rings. The molecule has 0 radical (unpaired) electrons. The maximum Gasteiger partial charge on any atom is 0.246 e. The standard InChI is InChI=1S/C22H26N2O3/c1-3-27-21-10-5-4-7-18(21)11-12-22(25)24-15-13-23(14-16-24)19-8-6-9-20(17-19)26-2/h4-12,17H,3,13-16H2,1-2H3/b12-11+. The van der Waals surface area contributed by atoms with Crippen LogP contribution in [0.3, 0.4) is 0 Å². The molecule has 0 bridgehead atoms. The van der Waals surface area contributed by atoms with Gasteiger partial charge < -0.3 is 19.3 Å². The van der Waals surface area contributed by atoms with Gasteiger partial charge in [-0.05, 0) is 31.2 Å². The summed E-state index contributed by atoms with van der Waals surface area (Å²) in [6, 6.07) is 15.8. The number of amides is 1. The van der Waals surface area contributed by atoms with Crippen LogP contribution in [0.4, 0.5) is 5.69 Å². The number of piperazine rings is 1. The molecule has 0 atom stereocenters. The summed E-state index contributed by atoms with van der Waals surface area (Å²) >= 11 is 0. The monoisotopic (exact) mass is 366 g/mol. The molecular formula is C22H26N2O3. The van der Waals surface area contributed by atoms with E-state index < -0.39 is 0 Å². The molecule has 3 rings (SSSR count). The Kier molecular flexibility index (Phi) is 6.36. The molecule has 0 saturated carbocycles. The highest BCUT2D eigenvalue weighted by Crippen LogP contribution is 2.22. The Bertz CT molecular complexity index is 796. The molecule has 5 heteroatoms. The molecular weight excluding hydrogens is 340 g/mol. The average Bonchev–Trinajstić information content (AvgIpc) is 2.73. The minimum Gasteiger partial charge on any atom is -0.497 e. The maximum atomic E-state index is 12.5.